The maximum atomic E-state index is 12.1. The van der Waals surface area contributed by atoms with Crippen LogP contribution in [0.4, 0.5) is 0 Å². The van der Waals surface area contributed by atoms with Crippen LogP contribution in [0.1, 0.15) is 32.4 Å². The summed E-state index contributed by atoms with van der Waals surface area (Å²) < 4.78 is 6.61. The molecule has 0 bridgehead atoms. The van der Waals surface area contributed by atoms with Crippen molar-refractivity contribution >= 4 is 5.91 Å². The Morgan fingerprint density at radius 2 is 1.96 bits per heavy atom. The van der Waals surface area contributed by atoms with E-state index >= 15 is 0 Å². The molecule has 2 rings (SSSR count). The Hall–Kier alpha value is -2.83. The molecule has 0 aliphatic carbocycles. The average Bonchev–Trinajstić information content (AvgIpc) is 2.50. The van der Waals surface area contributed by atoms with Crippen LogP contribution in [-0.4, -0.2) is 21.8 Å². The number of hydrogen-bond donors (Lipinski definition) is 2. The van der Waals surface area contributed by atoms with Crippen molar-refractivity contribution in [2.24, 2.45) is 0 Å². The third-order valence-corrected chi connectivity index (χ3v) is 3.30. The van der Waals surface area contributed by atoms with E-state index in [1.165, 1.54) is 0 Å². The highest BCUT2D eigenvalue weighted by molar-refractivity contribution is 5.76. The number of carbonyl (C=O) groups is 1. The summed E-state index contributed by atoms with van der Waals surface area (Å²) in [5, 5.41) is 5.11. The SMILES string of the molecule is CC(C)Oc1cccc(C(C)NC(=O)Cn2[nH]c(=O)ccc2=O)c1. The number of aromatic nitrogens is 2. The standard InChI is InChI=1S/C17H21N3O4/c1-11(2)24-14-6-4-5-13(9-14)12(3)18-16(22)10-20-17(23)8-7-15(21)19-20/h4-9,11-12H,10H2,1-3H3,(H,18,22)(H,19,21). The van der Waals surface area contributed by atoms with E-state index in [1.54, 1.807) is 0 Å². The van der Waals surface area contributed by atoms with Crippen LogP contribution in [0.15, 0.2) is 46.0 Å². The lowest BCUT2D eigenvalue weighted by molar-refractivity contribution is -0.122. The number of nitrogens with one attached hydrogen (secondary N) is 2. The molecule has 1 atom stereocenters. The summed E-state index contributed by atoms with van der Waals surface area (Å²) in [7, 11) is 0. The van der Waals surface area contributed by atoms with Crippen LogP contribution in [0.2, 0.25) is 0 Å². The molecule has 0 saturated carbocycles. The summed E-state index contributed by atoms with van der Waals surface area (Å²) in [5.41, 5.74) is 0.00844. The van der Waals surface area contributed by atoms with Gasteiger partial charge in [0, 0.05) is 12.1 Å². The molecule has 1 heterocycles. The van der Waals surface area contributed by atoms with E-state index in [9.17, 15) is 14.4 Å². The molecule has 1 amide bonds. The van der Waals surface area contributed by atoms with Gasteiger partial charge in [-0.15, -0.1) is 0 Å². The summed E-state index contributed by atoms with van der Waals surface area (Å²) in [6.45, 7) is 5.47. The lowest BCUT2D eigenvalue weighted by atomic mass is 10.1. The molecular formula is C17H21N3O4. The van der Waals surface area contributed by atoms with Crippen molar-refractivity contribution in [1.82, 2.24) is 15.1 Å². The maximum absolute atomic E-state index is 12.1. The summed E-state index contributed by atoms with van der Waals surface area (Å²) in [6.07, 6.45) is 0.0620. The van der Waals surface area contributed by atoms with E-state index in [1.807, 2.05) is 45.0 Å². The van der Waals surface area contributed by atoms with Crippen molar-refractivity contribution < 1.29 is 9.53 Å². The molecule has 2 aromatic rings. The van der Waals surface area contributed by atoms with Gasteiger partial charge in [-0.2, -0.15) is 0 Å². The molecule has 1 aromatic carbocycles. The summed E-state index contributed by atoms with van der Waals surface area (Å²) in [5.74, 6) is 0.355. The Morgan fingerprint density at radius 3 is 2.67 bits per heavy atom. The normalized spacial score (nSPS) is 12.0. The van der Waals surface area contributed by atoms with Crippen molar-refractivity contribution in [3.63, 3.8) is 0 Å². The van der Waals surface area contributed by atoms with Gasteiger partial charge in [-0.3, -0.25) is 19.5 Å². The van der Waals surface area contributed by atoms with E-state index in [2.05, 4.69) is 10.4 Å². The first-order chi connectivity index (χ1) is 11.3. The molecule has 1 unspecified atom stereocenters. The van der Waals surface area contributed by atoms with Gasteiger partial charge in [-0.25, -0.2) is 4.68 Å². The second kappa shape index (κ2) is 7.63. The number of benzene rings is 1. The third kappa shape index (κ3) is 4.84. The predicted octanol–water partition coefficient (Wildman–Crippen LogP) is 1.20. The Labute approximate surface area is 139 Å². The number of rotatable bonds is 6. The monoisotopic (exact) mass is 331 g/mol. The van der Waals surface area contributed by atoms with Crippen LogP contribution in [0.3, 0.4) is 0 Å². The Bertz CT molecular complexity index is 823. The van der Waals surface area contributed by atoms with E-state index in [0.29, 0.717) is 0 Å². The Balaban J connectivity index is 2.05. The molecule has 0 spiro atoms. The van der Waals surface area contributed by atoms with Crippen molar-refractivity contribution in [3.8, 4) is 5.75 Å². The van der Waals surface area contributed by atoms with Crippen LogP contribution in [0.25, 0.3) is 0 Å². The van der Waals surface area contributed by atoms with Gasteiger partial charge in [-0.1, -0.05) is 12.1 Å². The number of hydrogen-bond acceptors (Lipinski definition) is 4. The molecular weight excluding hydrogens is 310 g/mol. The summed E-state index contributed by atoms with van der Waals surface area (Å²) in [4.78, 5) is 34.9. The minimum absolute atomic E-state index is 0.0620. The maximum Gasteiger partial charge on any atom is 0.265 e. The van der Waals surface area contributed by atoms with Gasteiger partial charge < -0.3 is 10.1 Å². The fourth-order valence-corrected chi connectivity index (χ4v) is 2.22. The minimum atomic E-state index is -0.440. The third-order valence-electron chi connectivity index (χ3n) is 3.30. The zero-order valence-corrected chi connectivity index (χ0v) is 13.9. The van der Waals surface area contributed by atoms with Crippen LogP contribution in [0, 0.1) is 0 Å². The van der Waals surface area contributed by atoms with Gasteiger partial charge in [0.25, 0.3) is 11.1 Å². The second-order valence-electron chi connectivity index (χ2n) is 5.76. The molecule has 0 radical (unpaired) electrons. The predicted molar refractivity (Wildman–Crippen MR) is 90.1 cm³/mol. The summed E-state index contributed by atoms with van der Waals surface area (Å²) >= 11 is 0. The average molecular weight is 331 g/mol. The van der Waals surface area contributed by atoms with E-state index in [0.717, 1.165) is 28.1 Å². The van der Waals surface area contributed by atoms with Crippen LogP contribution < -0.4 is 21.2 Å². The van der Waals surface area contributed by atoms with Gasteiger partial charge in [0.15, 0.2) is 0 Å². The second-order valence-corrected chi connectivity index (χ2v) is 5.76. The minimum Gasteiger partial charge on any atom is -0.491 e. The fraction of sp³-hybridized carbons (Fsp3) is 0.353. The molecule has 7 nitrogen and oxygen atoms in total. The Morgan fingerprint density at radius 1 is 1.21 bits per heavy atom. The van der Waals surface area contributed by atoms with Gasteiger partial charge in [0.05, 0.1) is 12.1 Å². The Kier molecular flexibility index (Phi) is 5.57. The van der Waals surface area contributed by atoms with Gasteiger partial charge >= 0.3 is 0 Å². The highest BCUT2D eigenvalue weighted by atomic mass is 16.5. The van der Waals surface area contributed by atoms with Crippen molar-refractivity contribution in [2.75, 3.05) is 0 Å². The van der Waals surface area contributed by atoms with E-state index in [4.69, 9.17) is 4.74 Å². The van der Waals surface area contributed by atoms with Gasteiger partial charge in [0.2, 0.25) is 5.91 Å². The smallest absolute Gasteiger partial charge is 0.265 e. The molecule has 7 heteroatoms. The van der Waals surface area contributed by atoms with Crippen molar-refractivity contribution in [1.29, 1.82) is 0 Å². The number of H-pyrrole nitrogens is 1. The topological polar surface area (TPSA) is 93.2 Å². The molecule has 0 aliphatic rings. The molecule has 128 valence electrons. The molecule has 0 fully saturated rings. The zero-order valence-electron chi connectivity index (χ0n) is 13.9. The summed E-state index contributed by atoms with van der Waals surface area (Å²) in [6, 6.07) is 9.44. The molecule has 0 aliphatic heterocycles. The van der Waals surface area contributed by atoms with Gasteiger partial charge in [0.1, 0.15) is 12.3 Å². The van der Waals surface area contributed by atoms with E-state index in [-0.39, 0.29) is 24.6 Å². The van der Waals surface area contributed by atoms with E-state index < -0.39 is 11.1 Å². The first-order valence-electron chi connectivity index (χ1n) is 7.71. The molecule has 0 saturated heterocycles. The first kappa shape index (κ1) is 17.5. The number of carbonyl (C=O) groups excluding carboxylic acids is 1. The number of aromatic amines is 1. The first-order valence-corrected chi connectivity index (χ1v) is 7.71. The van der Waals surface area contributed by atoms with Crippen LogP contribution >= 0.6 is 0 Å². The lowest BCUT2D eigenvalue weighted by Crippen LogP contribution is -2.36. The van der Waals surface area contributed by atoms with Crippen LogP contribution in [-0.2, 0) is 11.3 Å². The molecule has 1 aromatic heterocycles. The van der Waals surface area contributed by atoms with Crippen LogP contribution in [0.5, 0.6) is 5.75 Å². The fourth-order valence-electron chi connectivity index (χ4n) is 2.22. The largest absolute Gasteiger partial charge is 0.491 e. The highest BCUT2D eigenvalue weighted by Gasteiger charge is 2.12. The number of amides is 1. The number of ether oxygens (including phenoxy) is 1. The quantitative estimate of drug-likeness (QED) is 0.832. The lowest BCUT2D eigenvalue weighted by Gasteiger charge is -2.17. The highest BCUT2D eigenvalue weighted by Crippen LogP contribution is 2.20. The van der Waals surface area contributed by atoms with Gasteiger partial charge in [-0.05, 0) is 38.5 Å². The molecule has 24 heavy (non-hydrogen) atoms. The van der Waals surface area contributed by atoms with Crippen molar-refractivity contribution in [2.45, 2.75) is 39.5 Å². The zero-order chi connectivity index (χ0) is 17.7. The number of nitrogens with zero attached hydrogens (tertiary/aromatic N) is 1. The molecule has 2 N–H and O–H groups in total. The van der Waals surface area contributed by atoms with Crippen molar-refractivity contribution in [3.05, 3.63) is 62.7 Å².